The van der Waals surface area contributed by atoms with Gasteiger partial charge in [0, 0.05) is 13.1 Å². The summed E-state index contributed by atoms with van der Waals surface area (Å²) in [6.45, 7) is 8.03. The molecule has 0 bridgehead atoms. The van der Waals surface area contributed by atoms with Crippen LogP contribution in [0.25, 0.3) is 5.57 Å². The molecule has 0 aromatic heterocycles. The molecule has 0 saturated carbocycles. The van der Waals surface area contributed by atoms with Crippen LogP contribution in [0.1, 0.15) is 31.9 Å². The maximum Gasteiger partial charge on any atom is 0.410 e. The van der Waals surface area contributed by atoms with E-state index in [0.29, 0.717) is 27.1 Å². The molecule has 1 aliphatic heterocycles. The molecular weight excluding hydrogens is 493 g/mol. The first-order chi connectivity index (χ1) is 16.4. The smallest absolute Gasteiger partial charge is 0.410 e. The Morgan fingerprint density at radius 2 is 1.66 bits per heavy atom. The summed E-state index contributed by atoms with van der Waals surface area (Å²) in [6.07, 6.45) is 1.23. The van der Waals surface area contributed by atoms with Gasteiger partial charge in [0.1, 0.15) is 24.6 Å². The van der Waals surface area contributed by atoms with Crippen molar-refractivity contribution in [1.29, 1.82) is 0 Å². The van der Waals surface area contributed by atoms with Crippen LogP contribution in [0, 0.1) is 12.8 Å². The van der Waals surface area contributed by atoms with Gasteiger partial charge in [0.05, 0.1) is 16.0 Å². The molecule has 2 aromatic carbocycles. The monoisotopic (exact) mass is 521 g/mol. The Labute approximate surface area is 215 Å². The van der Waals surface area contributed by atoms with E-state index < -0.39 is 23.6 Å². The molecule has 0 saturated heterocycles. The quantitative estimate of drug-likeness (QED) is 0.443. The Morgan fingerprint density at radius 3 is 2.23 bits per heavy atom. The van der Waals surface area contributed by atoms with Gasteiger partial charge < -0.3 is 24.2 Å². The van der Waals surface area contributed by atoms with Crippen LogP contribution < -0.4 is 9.47 Å². The Morgan fingerprint density at radius 1 is 1.06 bits per heavy atom. The third-order valence-electron chi connectivity index (χ3n) is 5.19. The van der Waals surface area contributed by atoms with Crippen LogP contribution in [0.2, 0.25) is 10.0 Å². The molecule has 2 aromatic rings. The number of aliphatic carboxylic acids is 1. The van der Waals surface area contributed by atoms with E-state index >= 15 is 0 Å². The molecule has 3 rings (SSSR count). The first kappa shape index (κ1) is 26.7. The lowest BCUT2D eigenvalue weighted by atomic mass is 9.89. The molecule has 0 fully saturated rings. The third kappa shape index (κ3) is 7.29. The lowest BCUT2D eigenvalue weighted by Crippen LogP contribution is -2.44. The second kappa shape index (κ2) is 11.2. The molecule has 0 aliphatic carbocycles. The zero-order valence-electron chi connectivity index (χ0n) is 20.1. The van der Waals surface area contributed by atoms with Crippen LogP contribution in [0.3, 0.4) is 0 Å². The van der Waals surface area contributed by atoms with E-state index in [2.05, 4.69) is 0 Å². The number of halogens is 2. The number of amides is 1. The molecule has 1 aliphatic rings. The van der Waals surface area contributed by atoms with Crippen molar-refractivity contribution in [2.24, 2.45) is 5.92 Å². The van der Waals surface area contributed by atoms with Gasteiger partial charge in [-0.1, -0.05) is 41.4 Å². The van der Waals surface area contributed by atoms with E-state index in [1.54, 1.807) is 63.2 Å². The molecule has 1 atom stereocenters. The second-order valence-corrected chi connectivity index (χ2v) is 10.0. The number of nitrogens with zero attached hydrogens (tertiary/aromatic N) is 1. The molecule has 1 unspecified atom stereocenters. The molecule has 35 heavy (non-hydrogen) atoms. The van der Waals surface area contributed by atoms with Gasteiger partial charge in [0.15, 0.2) is 5.75 Å². The van der Waals surface area contributed by atoms with Gasteiger partial charge in [-0.25, -0.2) is 4.79 Å². The van der Waals surface area contributed by atoms with Gasteiger partial charge in [-0.05, 0) is 68.7 Å². The summed E-state index contributed by atoms with van der Waals surface area (Å²) >= 11 is 12.4. The highest BCUT2D eigenvalue weighted by Gasteiger charge is 2.33. The van der Waals surface area contributed by atoms with Crippen LogP contribution in [0.15, 0.2) is 42.5 Å². The van der Waals surface area contributed by atoms with E-state index in [0.717, 1.165) is 11.1 Å². The summed E-state index contributed by atoms with van der Waals surface area (Å²) in [4.78, 5) is 25.7. The molecule has 1 heterocycles. The largest absolute Gasteiger partial charge is 0.490 e. The Bertz CT molecular complexity index is 1080. The minimum Gasteiger partial charge on any atom is -0.490 e. The van der Waals surface area contributed by atoms with E-state index in [-0.39, 0.29) is 26.3 Å². The number of hydrogen-bond acceptors (Lipinski definition) is 5. The SMILES string of the molecule is Cc1cc(Cl)c(OCCOc2ccc(C3=CCN(C(=O)OC(C)(C)C)CC3C(=O)O)cc2)c(Cl)c1. The third-order valence-corrected chi connectivity index (χ3v) is 5.75. The molecule has 1 amide bonds. The van der Waals surface area contributed by atoms with Crippen LogP contribution in [-0.2, 0) is 9.53 Å². The minimum atomic E-state index is -1.00. The van der Waals surface area contributed by atoms with Crippen LogP contribution in [0.4, 0.5) is 4.79 Å². The van der Waals surface area contributed by atoms with Crippen molar-refractivity contribution in [3.05, 3.63) is 63.6 Å². The number of carboxylic acid groups (broad SMARTS) is 1. The summed E-state index contributed by atoms with van der Waals surface area (Å²) in [5.41, 5.74) is 1.69. The molecule has 1 N–H and O–H groups in total. The van der Waals surface area contributed by atoms with Crippen molar-refractivity contribution >= 4 is 40.8 Å². The molecule has 0 spiro atoms. The number of hydrogen-bond donors (Lipinski definition) is 1. The average molecular weight is 522 g/mol. The van der Waals surface area contributed by atoms with Crippen LogP contribution in [0.5, 0.6) is 11.5 Å². The predicted octanol–water partition coefficient (Wildman–Crippen LogP) is 6.09. The van der Waals surface area contributed by atoms with E-state index in [1.165, 1.54) is 4.90 Å². The fourth-order valence-corrected chi connectivity index (χ4v) is 4.33. The average Bonchev–Trinajstić information content (AvgIpc) is 2.76. The summed E-state index contributed by atoms with van der Waals surface area (Å²) < 4.78 is 16.8. The zero-order valence-corrected chi connectivity index (χ0v) is 21.7. The van der Waals surface area contributed by atoms with E-state index in [4.69, 9.17) is 37.4 Å². The van der Waals surface area contributed by atoms with Crippen molar-refractivity contribution in [1.82, 2.24) is 4.90 Å². The van der Waals surface area contributed by atoms with Gasteiger partial charge in [0.25, 0.3) is 0 Å². The van der Waals surface area contributed by atoms with Crippen molar-refractivity contribution < 1.29 is 28.9 Å². The first-order valence-corrected chi connectivity index (χ1v) is 11.9. The topological polar surface area (TPSA) is 85.3 Å². The molecular formula is C26H29Cl2NO6. The number of benzene rings is 2. The first-order valence-electron chi connectivity index (χ1n) is 11.2. The fourth-order valence-electron chi connectivity index (χ4n) is 3.62. The Hall–Kier alpha value is -2.90. The zero-order chi connectivity index (χ0) is 25.8. The summed E-state index contributed by atoms with van der Waals surface area (Å²) in [7, 11) is 0. The van der Waals surface area contributed by atoms with E-state index in [9.17, 15) is 14.7 Å². The number of aryl methyl sites for hydroxylation is 1. The van der Waals surface area contributed by atoms with Gasteiger partial charge in [-0.2, -0.15) is 0 Å². The maximum atomic E-state index is 12.4. The van der Waals surface area contributed by atoms with Gasteiger partial charge in [-0.15, -0.1) is 0 Å². The highest BCUT2D eigenvalue weighted by Crippen LogP contribution is 2.34. The number of rotatable bonds is 7. The lowest BCUT2D eigenvalue weighted by Gasteiger charge is -2.32. The second-order valence-electron chi connectivity index (χ2n) is 9.21. The molecule has 188 valence electrons. The van der Waals surface area contributed by atoms with Crippen LogP contribution in [-0.4, -0.2) is 54.0 Å². The number of ether oxygens (including phenoxy) is 3. The van der Waals surface area contributed by atoms with Crippen molar-refractivity contribution in [3.63, 3.8) is 0 Å². The molecule has 9 heteroatoms. The van der Waals surface area contributed by atoms with Crippen molar-refractivity contribution in [2.75, 3.05) is 26.3 Å². The van der Waals surface area contributed by atoms with Gasteiger partial charge in [-0.3, -0.25) is 4.79 Å². The normalized spacial score (nSPS) is 15.9. The highest BCUT2D eigenvalue weighted by atomic mass is 35.5. The van der Waals surface area contributed by atoms with Crippen molar-refractivity contribution in [3.8, 4) is 11.5 Å². The van der Waals surface area contributed by atoms with Crippen LogP contribution >= 0.6 is 23.2 Å². The van der Waals surface area contributed by atoms with Gasteiger partial charge in [0.2, 0.25) is 0 Å². The predicted molar refractivity (Wildman–Crippen MR) is 136 cm³/mol. The van der Waals surface area contributed by atoms with Gasteiger partial charge >= 0.3 is 12.1 Å². The molecule has 0 radical (unpaired) electrons. The van der Waals surface area contributed by atoms with E-state index in [1.807, 2.05) is 6.92 Å². The lowest BCUT2D eigenvalue weighted by molar-refractivity contribution is -0.140. The summed E-state index contributed by atoms with van der Waals surface area (Å²) in [5.74, 6) is -0.838. The minimum absolute atomic E-state index is 0.0375. The Kier molecular flexibility index (Phi) is 8.56. The standard InChI is InChI=1S/C26H29Cl2NO6/c1-16-13-21(27)23(22(28)14-16)34-12-11-33-18-7-5-17(6-8-18)19-9-10-29(15-20(19)24(30)31)25(32)35-26(2,3)4/h5-9,13-14,20H,10-12,15H2,1-4H3,(H,30,31). The summed E-state index contributed by atoms with van der Waals surface area (Å²) in [6, 6.07) is 10.7. The summed E-state index contributed by atoms with van der Waals surface area (Å²) in [5, 5.41) is 10.7. The maximum absolute atomic E-state index is 12.4. The highest BCUT2D eigenvalue weighted by molar-refractivity contribution is 6.37. The number of carbonyl (C=O) groups excluding carboxylic acids is 1. The van der Waals surface area contributed by atoms with Crippen molar-refractivity contribution in [2.45, 2.75) is 33.3 Å². The fraction of sp³-hybridized carbons (Fsp3) is 0.385. The Balaban J connectivity index is 1.60. The number of carbonyl (C=O) groups is 2. The molecule has 7 nitrogen and oxygen atoms in total. The number of carboxylic acids is 1.